The number of amides is 1. The molecule has 0 radical (unpaired) electrons. The molecule has 2 fully saturated rings. The zero-order chi connectivity index (χ0) is 22.1. The molecule has 1 saturated carbocycles. The Morgan fingerprint density at radius 3 is 2.69 bits per heavy atom. The van der Waals surface area contributed by atoms with Crippen molar-refractivity contribution in [3.05, 3.63) is 23.0 Å². The van der Waals surface area contributed by atoms with Crippen LogP contribution in [0.1, 0.15) is 80.7 Å². The van der Waals surface area contributed by atoms with Gasteiger partial charge in [-0.15, -0.1) is 0 Å². The Kier molecular flexibility index (Phi) is 6.02. The lowest BCUT2D eigenvalue weighted by atomic mass is 9.87. The van der Waals surface area contributed by atoms with Crippen LogP contribution in [-0.4, -0.2) is 57.7 Å². The zero-order valence-corrected chi connectivity index (χ0v) is 19.4. The van der Waals surface area contributed by atoms with Crippen molar-refractivity contribution in [1.29, 1.82) is 0 Å². The number of hydrogen-bond acceptors (Lipinski definition) is 6. The average Bonchev–Trinajstić information content (AvgIpc) is 3.49. The van der Waals surface area contributed by atoms with E-state index in [4.69, 9.17) is 9.97 Å². The summed E-state index contributed by atoms with van der Waals surface area (Å²) in [5, 5.41) is 11.3. The number of nitrogens with one attached hydrogen (secondary N) is 2. The predicted octanol–water partition coefficient (Wildman–Crippen LogP) is 3.93. The number of carbonyl (C=O) groups excluding carboxylic acids is 1. The number of carbonyl (C=O) groups is 1. The van der Waals surface area contributed by atoms with Crippen molar-refractivity contribution in [2.24, 2.45) is 0 Å². The van der Waals surface area contributed by atoms with Crippen molar-refractivity contribution in [3.63, 3.8) is 0 Å². The van der Waals surface area contributed by atoms with E-state index in [0.717, 1.165) is 62.4 Å². The molecule has 1 atom stereocenters. The maximum absolute atomic E-state index is 12.7. The molecule has 0 bridgehead atoms. The molecule has 1 saturated heterocycles. The van der Waals surface area contributed by atoms with Crippen LogP contribution in [0.3, 0.4) is 0 Å². The highest BCUT2D eigenvalue weighted by Crippen LogP contribution is 2.35. The van der Waals surface area contributed by atoms with E-state index < -0.39 is 0 Å². The Morgan fingerprint density at radius 2 is 1.88 bits per heavy atom. The van der Waals surface area contributed by atoms with Crippen LogP contribution in [0.25, 0.3) is 0 Å². The molecule has 2 aromatic rings. The first kappa shape index (κ1) is 21.2. The lowest BCUT2D eigenvalue weighted by Crippen LogP contribution is -2.43. The number of aromatic amines is 1. The van der Waals surface area contributed by atoms with Crippen LogP contribution in [0.15, 0.2) is 6.07 Å². The summed E-state index contributed by atoms with van der Waals surface area (Å²) in [5.74, 6) is 3.07. The second-order valence-electron chi connectivity index (χ2n) is 9.76. The van der Waals surface area contributed by atoms with Crippen LogP contribution in [0, 0.1) is 0 Å². The lowest BCUT2D eigenvalue weighted by Gasteiger charge is -2.28. The van der Waals surface area contributed by atoms with E-state index in [0.29, 0.717) is 11.9 Å². The van der Waals surface area contributed by atoms with E-state index in [-0.39, 0.29) is 11.9 Å². The fraction of sp³-hybridized carbons (Fsp3) is 0.667. The lowest BCUT2D eigenvalue weighted by molar-refractivity contribution is -0.129. The highest BCUT2D eigenvalue weighted by Gasteiger charge is 2.34. The Bertz CT molecular complexity index is 963. The van der Waals surface area contributed by atoms with Crippen LogP contribution in [0.4, 0.5) is 17.6 Å². The fourth-order valence-electron chi connectivity index (χ4n) is 5.52. The maximum Gasteiger partial charge on any atom is 0.244 e. The summed E-state index contributed by atoms with van der Waals surface area (Å²) in [4.78, 5) is 26.4. The molecule has 1 aliphatic heterocycles. The molecule has 0 aromatic carbocycles. The first-order valence-electron chi connectivity index (χ1n) is 12.3. The number of hydrogen-bond donors (Lipinski definition) is 2. The molecule has 8 nitrogen and oxygen atoms in total. The number of rotatable bonds is 5. The molecule has 2 N–H and O–H groups in total. The predicted molar refractivity (Wildman–Crippen MR) is 125 cm³/mol. The Morgan fingerprint density at radius 1 is 1.06 bits per heavy atom. The summed E-state index contributed by atoms with van der Waals surface area (Å²) < 4.78 is 0. The quantitative estimate of drug-likeness (QED) is 0.737. The molecule has 8 heteroatoms. The monoisotopic (exact) mass is 437 g/mol. The van der Waals surface area contributed by atoms with Gasteiger partial charge in [-0.1, -0.05) is 19.3 Å². The number of likely N-dealkylation sites (N-methyl/N-ethyl adjacent to an activating group) is 1. The van der Waals surface area contributed by atoms with Gasteiger partial charge in [0, 0.05) is 43.9 Å². The topological polar surface area (TPSA) is 90.0 Å². The Balaban J connectivity index is 1.43. The second kappa shape index (κ2) is 9.08. The third-order valence-corrected chi connectivity index (χ3v) is 7.30. The normalized spacial score (nSPS) is 21.4. The third kappa shape index (κ3) is 4.19. The van der Waals surface area contributed by atoms with Gasteiger partial charge in [0.15, 0.2) is 5.82 Å². The zero-order valence-electron chi connectivity index (χ0n) is 19.4. The molecule has 1 amide bonds. The van der Waals surface area contributed by atoms with Gasteiger partial charge in [-0.3, -0.25) is 9.89 Å². The minimum absolute atomic E-state index is 0.128. The van der Waals surface area contributed by atoms with Gasteiger partial charge in [-0.2, -0.15) is 10.1 Å². The summed E-state index contributed by atoms with van der Waals surface area (Å²) in [6.45, 7) is 0.816. The largest absolute Gasteiger partial charge is 0.347 e. The van der Waals surface area contributed by atoms with Gasteiger partial charge in [0.2, 0.25) is 11.9 Å². The molecule has 3 aliphatic rings. The number of aryl methyl sites for hydroxylation is 1. The first-order chi connectivity index (χ1) is 15.6. The summed E-state index contributed by atoms with van der Waals surface area (Å²) in [5.41, 5.74) is 3.55. The summed E-state index contributed by atoms with van der Waals surface area (Å²) in [6.07, 6.45) is 12.5. The third-order valence-electron chi connectivity index (χ3n) is 7.30. The van der Waals surface area contributed by atoms with Crippen LogP contribution in [-0.2, 0) is 17.6 Å². The summed E-state index contributed by atoms with van der Waals surface area (Å²) in [7, 11) is 3.64. The van der Waals surface area contributed by atoms with Gasteiger partial charge in [0.25, 0.3) is 0 Å². The van der Waals surface area contributed by atoms with Crippen molar-refractivity contribution >= 4 is 23.5 Å². The molecule has 2 aromatic heterocycles. The van der Waals surface area contributed by atoms with E-state index in [1.165, 1.54) is 43.4 Å². The van der Waals surface area contributed by atoms with Crippen LogP contribution < -0.4 is 10.2 Å². The molecule has 32 heavy (non-hydrogen) atoms. The molecule has 1 unspecified atom stereocenters. The van der Waals surface area contributed by atoms with E-state index in [9.17, 15) is 4.79 Å². The van der Waals surface area contributed by atoms with Crippen molar-refractivity contribution in [3.8, 4) is 0 Å². The van der Waals surface area contributed by atoms with E-state index in [1.807, 2.05) is 14.1 Å². The van der Waals surface area contributed by atoms with Crippen molar-refractivity contribution in [2.75, 3.05) is 30.9 Å². The maximum atomic E-state index is 12.7. The Labute approximate surface area is 190 Å². The molecule has 0 spiro atoms. The number of aromatic nitrogens is 4. The van der Waals surface area contributed by atoms with Gasteiger partial charge in [-0.25, -0.2) is 4.98 Å². The first-order valence-corrected chi connectivity index (χ1v) is 12.3. The molecular weight excluding hydrogens is 402 g/mol. The van der Waals surface area contributed by atoms with Crippen molar-refractivity contribution < 1.29 is 4.79 Å². The molecule has 2 aliphatic carbocycles. The molecule has 172 valence electrons. The standard InChI is InChI=1S/C24H35N7O/c1-30(2)23(32)20-13-8-14-31(20)24-25-18-12-7-6-11-17(18)22(27-24)26-21-15-19(28-29-21)16-9-4-3-5-10-16/h15-16,20H,3-14H2,1-2H3,(H2,25,26,27,28,29). The molecule has 5 rings (SSSR count). The SMILES string of the molecule is CN(C)C(=O)C1CCCN1c1nc2c(c(Nc3cc(C4CCCCC4)[nH]n3)n1)CCCC2. The van der Waals surface area contributed by atoms with Crippen LogP contribution >= 0.6 is 0 Å². The molecular formula is C24H35N7O. The minimum atomic E-state index is -0.178. The van der Waals surface area contributed by atoms with Gasteiger partial charge in [0.1, 0.15) is 11.9 Å². The average molecular weight is 438 g/mol. The van der Waals surface area contributed by atoms with Gasteiger partial charge < -0.3 is 15.1 Å². The Hall–Kier alpha value is -2.64. The van der Waals surface area contributed by atoms with Gasteiger partial charge in [0.05, 0.1) is 5.69 Å². The van der Waals surface area contributed by atoms with E-state index in [1.54, 1.807) is 4.90 Å². The number of H-pyrrole nitrogens is 1. The van der Waals surface area contributed by atoms with E-state index >= 15 is 0 Å². The second-order valence-corrected chi connectivity index (χ2v) is 9.76. The van der Waals surface area contributed by atoms with E-state index in [2.05, 4.69) is 26.5 Å². The van der Waals surface area contributed by atoms with Crippen molar-refractivity contribution in [2.45, 2.75) is 82.6 Å². The van der Waals surface area contributed by atoms with Gasteiger partial charge in [-0.05, 0) is 51.4 Å². The smallest absolute Gasteiger partial charge is 0.244 e. The number of fused-ring (bicyclic) bond motifs is 1. The van der Waals surface area contributed by atoms with Crippen molar-refractivity contribution in [1.82, 2.24) is 25.1 Å². The number of anilines is 3. The van der Waals surface area contributed by atoms with Crippen LogP contribution in [0.2, 0.25) is 0 Å². The van der Waals surface area contributed by atoms with Crippen LogP contribution in [0.5, 0.6) is 0 Å². The minimum Gasteiger partial charge on any atom is -0.347 e. The summed E-state index contributed by atoms with van der Waals surface area (Å²) >= 11 is 0. The fourth-order valence-corrected chi connectivity index (χ4v) is 5.52. The number of nitrogens with zero attached hydrogens (tertiary/aromatic N) is 5. The highest BCUT2D eigenvalue weighted by molar-refractivity contribution is 5.85. The summed E-state index contributed by atoms with van der Waals surface area (Å²) in [6, 6.07) is 1.98. The van der Waals surface area contributed by atoms with Gasteiger partial charge >= 0.3 is 0 Å². The molecule has 3 heterocycles. The highest BCUT2D eigenvalue weighted by atomic mass is 16.2.